The Hall–Kier alpha value is -1.78. The monoisotopic (exact) mass is 402 g/mol. The van der Waals surface area contributed by atoms with Crippen molar-refractivity contribution in [2.24, 2.45) is 0 Å². The lowest BCUT2D eigenvalue weighted by Crippen LogP contribution is -2.51. The van der Waals surface area contributed by atoms with Gasteiger partial charge in [-0.25, -0.2) is 18.7 Å². The number of hydroxylamine groups is 1. The molecule has 1 aliphatic rings. The van der Waals surface area contributed by atoms with E-state index >= 15 is 0 Å². The third-order valence-corrected chi connectivity index (χ3v) is 7.23. The molecule has 0 unspecified atom stereocenters. The summed E-state index contributed by atoms with van der Waals surface area (Å²) < 4.78 is 27.4. The molecule has 0 radical (unpaired) electrons. The van der Waals surface area contributed by atoms with Crippen LogP contribution in [0.3, 0.4) is 0 Å². The third-order valence-electron chi connectivity index (χ3n) is 4.35. The fraction of sp³-hybridized carbons (Fsp3) is 0.500. The third kappa shape index (κ3) is 4.13. The Morgan fingerprint density at radius 1 is 1.42 bits per heavy atom. The van der Waals surface area contributed by atoms with Crippen LogP contribution >= 0.6 is 11.8 Å². The molecule has 1 heterocycles. The minimum atomic E-state index is -3.86. The molecule has 0 bridgehead atoms. The van der Waals surface area contributed by atoms with Gasteiger partial charge in [-0.3, -0.25) is 14.9 Å². The lowest BCUT2D eigenvalue weighted by molar-refractivity contribution is -0.132. The first-order chi connectivity index (χ1) is 12.1. The number of hydrogen-bond acceptors (Lipinski definition) is 7. The SMILES string of the molecule is CCSc1ccc(N2C[C@H](C[C@](C)(C(=O)NO)S(C)(=O)=O)OC2=O)cc1. The molecule has 0 spiro atoms. The molecule has 144 valence electrons. The summed E-state index contributed by atoms with van der Waals surface area (Å²) >= 11 is 1.67. The average Bonchev–Trinajstić information content (AvgIpc) is 2.94. The van der Waals surface area contributed by atoms with Gasteiger partial charge in [0.2, 0.25) is 0 Å². The summed E-state index contributed by atoms with van der Waals surface area (Å²) in [4.78, 5) is 26.5. The van der Waals surface area contributed by atoms with Gasteiger partial charge in [0.15, 0.2) is 14.6 Å². The number of cyclic esters (lactones) is 1. The maximum absolute atomic E-state index is 12.2. The molecule has 1 aliphatic heterocycles. The molecular formula is C16H22N2O6S2. The van der Waals surface area contributed by atoms with Crippen LogP contribution in [0.5, 0.6) is 0 Å². The Balaban J connectivity index is 2.17. The number of benzene rings is 1. The summed E-state index contributed by atoms with van der Waals surface area (Å²) in [6.45, 7) is 3.35. The number of anilines is 1. The van der Waals surface area contributed by atoms with Crippen molar-refractivity contribution in [3.63, 3.8) is 0 Å². The van der Waals surface area contributed by atoms with Crippen LogP contribution < -0.4 is 10.4 Å². The van der Waals surface area contributed by atoms with Crippen LogP contribution in [0.4, 0.5) is 10.5 Å². The Bertz CT molecular complexity index is 780. The fourth-order valence-electron chi connectivity index (χ4n) is 2.69. The van der Waals surface area contributed by atoms with Crippen molar-refractivity contribution in [2.45, 2.75) is 36.0 Å². The molecular weight excluding hydrogens is 380 g/mol. The topological polar surface area (TPSA) is 113 Å². The molecule has 26 heavy (non-hydrogen) atoms. The summed E-state index contributed by atoms with van der Waals surface area (Å²) in [7, 11) is -3.86. The van der Waals surface area contributed by atoms with Crippen molar-refractivity contribution >= 4 is 39.3 Å². The van der Waals surface area contributed by atoms with Crippen molar-refractivity contribution in [2.75, 3.05) is 23.5 Å². The molecule has 1 saturated heterocycles. The number of thioether (sulfide) groups is 1. The van der Waals surface area contributed by atoms with Crippen LogP contribution in [0.15, 0.2) is 29.2 Å². The van der Waals surface area contributed by atoms with Gasteiger partial charge in [0.25, 0.3) is 5.91 Å². The smallest absolute Gasteiger partial charge is 0.414 e. The highest BCUT2D eigenvalue weighted by Crippen LogP contribution is 2.30. The van der Waals surface area contributed by atoms with Crippen LogP contribution in [0.25, 0.3) is 0 Å². The van der Waals surface area contributed by atoms with Crippen molar-refractivity contribution in [3.8, 4) is 0 Å². The van der Waals surface area contributed by atoms with Gasteiger partial charge in [0, 0.05) is 23.3 Å². The molecule has 2 atom stereocenters. The van der Waals surface area contributed by atoms with E-state index in [9.17, 15) is 18.0 Å². The van der Waals surface area contributed by atoms with Crippen LogP contribution in [-0.2, 0) is 19.4 Å². The molecule has 2 rings (SSSR count). The minimum absolute atomic E-state index is 0.114. The van der Waals surface area contributed by atoms with Gasteiger partial charge in [0.05, 0.1) is 6.54 Å². The first-order valence-electron chi connectivity index (χ1n) is 7.97. The number of amides is 2. The summed E-state index contributed by atoms with van der Waals surface area (Å²) in [5, 5.41) is 8.88. The van der Waals surface area contributed by atoms with E-state index in [0.29, 0.717) is 5.69 Å². The van der Waals surface area contributed by atoms with Crippen LogP contribution in [0.2, 0.25) is 0 Å². The van der Waals surface area contributed by atoms with Gasteiger partial charge in [-0.05, 0) is 36.9 Å². The van der Waals surface area contributed by atoms with Gasteiger partial charge < -0.3 is 4.74 Å². The zero-order valence-corrected chi connectivity index (χ0v) is 16.4. The standard InChI is InChI=1S/C16H22N2O6S2/c1-4-25-13-7-5-11(6-8-13)18-10-12(24-15(18)20)9-16(2,14(19)17-21)26(3,22)23/h5-8,12,21H,4,9-10H2,1-3H3,(H,17,19)/t12-,16+/m0/s1. The van der Waals surface area contributed by atoms with E-state index < -0.39 is 32.7 Å². The molecule has 0 aromatic heterocycles. The maximum Gasteiger partial charge on any atom is 0.414 e. The maximum atomic E-state index is 12.2. The van der Waals surface area contributed by atoms with Crippen molar-refractivity contribution < 1.29 is 28.0 Å². The van der Waals surface area contributed by atoms with E-state index in [4.69, 9.17) is 9.94 Å². The van der Waals surface area contributed by atoms with Crippen LogP contribution in [-0.4, -0.2) is 55.0 Å². The summed E-state index contributed by atoms with van der Waals surface area (Å²) in [5.74, 6) is -0.125. The molecule has 1 aromatic rings. The summed E-state index contributed by atoms with van der Waals surface area (Å²) in [5.41, 5.74) is 2.01. The second-order valence-electron chi connectivity index (χ2n) is 6.19. The normalized spacial score (nSPS) is 19.8. The van der Waals surface area contributed by atoms with Gasteiger partial charge in [-0.1, -0.05) is 6.92 Å². The van der Waals surface area contributed by atoms with Gasteiger partial charge >= 0.3 is 6.09 Å². The molecule has 8 nitrogen and oxygen atoms in total. The number of ether oxygens (including phenoxy) is 1. The Morgan fingerprint density at radius 2 is 2.04 bits per heavy atom. The predicted molar refractivity (Wildman–Crippen MR) is 98.3 cm³/mol. The number of hydrogen-bond donors (Lipinski definition) is 2. The predicted octanol–water partition coefficient (Wildman–Crippen LogP) is 1.82. The Kier molecular flexibility index (Phi) is 6.20. The zero-order valence-electron chi connectivity index (χ0n) is 14.8. The second-order valence-corrected chi connectivity index (χ2v) is 9.97. The lowest BCUT2D eigenvalue weighted by Gasteiger charge is -2.26. The van der Waals surface area contributed by atoms with Crippen molar-refractivity contribution in [1.82, 2.24) is 5.48 Å². The number of sulfone groups is 1. The molecule has 10 heteroatoms. The van der Waals surface area contributed by atoms with Crippen molar-refractivity contribution in [1.29, 1.82) is 0 Å². The highest BCUT2D eigenvalue weighted by molar-refractivity contribution is 7.99. The molecule has 1 fully saturated rings. The largest absolute Gasteiger partial charge is 0.444 e. The number of carbonyl (C=O) groups excluding carboxylic acids is 2. The Morgan fingerprint density at radius 3 is 2.54 bits per heavy atom. The van der Waals surface area contributed by atoms with E-state index in [-0.39, 0.29) is 13.0 Å². The van der Waals surface area contributed by atoms with E-state index in [0.717, 1.165) is 16.9 Å². The van der Waals surface area contributed by atoms with Gasteiger partial charge in [-0.15, -0.1) is 11.8 Å². The average molecular weight is 402 g/mol. The molecule has 0 aliphatic carbocycles. The van der Waals surface area contributed by atoms with Crippen molar-refractivity contribution in [3.05, 3.63) is 24.3 Å². The van der Waals surface area contributed by atoms with Crippen LogP contribution in [0.1, 0.15) is 20.3 Å². The Labute approximate surface area is 156 Å². The summed E-state index contributed by atoms with van der Waals surface area (Å²) in [6, 6.07) is 7.36. The first kappa shape index (κ1) is 20.5. The summed E-state index contributed by atoms with van der Waals surface area (Å²) in [6.07, 6.45) is -0.763. The molecule has 2 amide bonds. The zero-order chi connectivity index (χ0) is 19.5. The van der Waals surface area contributed by atoms with Gasteiger partial charge in [-0.2, -0.15) is 0 Å². The van der Waals surface area contributed by atoms with E-state index in [1.807, 2.05) is 19.1 Å². The van der Waals surface area contributed by atoms with E-state index in [1.54, 1.807) is 23.9 Å². The van der Waals surface area contributed by atoms with Crippen LogP contribution in [0, 0.1) is 0 Å². The molecule has 2 N–H and O–H groups in total. The molecule has 0 saturated carbocycles. The number of rotatable bonds is 7. The highest BCUT2D eigenvalue weighted by atomic mass is 32.2. The van der Waals surface area contributed by atoms with E-state index in [1.165, 1.54) is 17.3 Å². The highest BCUT2D eigenvalue weighted by Gasteiger charge is 2.48. The number of carbonyl (C=O) groups is 2. The number of nitrogens with one attached hydrogen (secondary N) is 1. The lowest BCUT2D eigenvalue weighted by atomic mass is 10.0. The quantitative estimate of drug-likeness (QED) is 0.406. The first-order valence-corrected chi connectivity index (χ1v) is 10.8. The van der Waals surface area contributed by atoms with Gasteiger partial charge in [0.1, 0.15) is 6.10 Å². The fourth-order valence-corrected chi connectivity index (χ4v) is 4.23. The minimum Gasteiger partial charge on any atom is -0.444 e. The number of nitrogens with zero attached hydrogens (tertiary/aromatic N) is 1. The molecule has 1 aromatic carbocycles. The van der Waals surface area contributed by atoms with E-state index in [2.05, 4.69) is 0 Å². The second kappa shape index (κ2) is 7.85.